The van der Waals surface area contributed by atoms with Crippen LogP contribution in [0.15, 0.2) is 30.4 Å². The van der Waals surface area contributed by atoms with Gasteiger partial charge < -0.3 is 0 Å². The predicted molar refractivity (Wildman–Crippen MR) is 52.1 cm³/mol. The minimum absolute atomic E-state index is 0.203. The molecule has 0 amide bonds. The molecule has 74 valence electrons. The van der Waals surface area contributed by atoms with Crippen molar-refractivity contribution in [2.45, 2.75) is 25.2 Å². The Morgan fingerprint density at radius 2 is 1.86 bits per heavy atom. The first kappa shape index (κ1) is 9.38. The number of benzene rings is 1. The molecule has 14 heavy (non-hydrogen) atoms. The zero-order chi connectivity index (χ0) is 10.2. The van der Waals surface area contributed by atoms with Gasteiger partial charge in [-0.15, -0.1) is 0 Å². The first-order valence-corrected chi connectivity index (χ1v) is 4.76. The summed E-state index contributed by atoms with van der Waals surface area (Å²) >= 11 is 0. The second-order valence-electron chi connectivity index (χ2n) is 3.96. The van der Waals surface area contributed by atoms with E-state index in [1.165, 1.54) is 18.2 Å². The number of allylic oxidation sites excluding steroid dienone is 2. The molecule has 0 radical (unpaired) electrons. The Bertz CT molecular complexity index is 362. The van der Waals surface area contributed by atoms with Crippen LogP contribution in [-0.4, -0.2) is 0 Å². The van der Waals surface area contributed by atoms with Crippen LogP contribution >= 0.6 is 0 Å². The average Bonchev–Trinajstić information content (AvgIpc) is 2.52. The van der Waals surface area contributed by atoms with E-state index < -0.39 is 17.0 Å². The third kappa shape index (κ3) is 1.35. The van der Waals surface area contributed by atoms with Crippen molar-refractivity contribution in [1.29, 1.82) is 0 Å². The molecule has 1 aromatic carbocycles. The van der Waals surface area contributed by atoms with Crippen LogP contribution in [0.3, 0.4) is 0 Å². The average molecular weight is 194 g/mol. The number of halogens is 2. The van der Waals surface area contributed by atoms with Gasteiger partial charge in [0.05, 0.1) is 0 Å². The smallest absolute Gasteiger partial charge is 0.130 e. The Hall–Kier alpha value is -1.18. The molecule has 0 nitrogen and oxygen atoms in total. The lowest BCUT2D eigenvalue weighted by atomic mass is 9.81. The van der Waals surface area contributed by atoms with Crippen LogP contribution in [-0.2, 0) is 5.41 Å². The van der Waals surface area contributed by atoms with Gasteiger partial charge >= 0.3 is 0 Å². The molecular formula is C12H12F2. The van der Waals surface area contributed by atoms with Crippen LogP contribution in [0.4, 0.5) is 8.78 Å². The van der Waals surface area contributed by atoms with Crippen molar-refractivity contribution in [3.63, 3.8) is 0 Å². The number of rotatable bonds is 1. The maximum atomic E-state index is 13.5. The number of hydrogen-bond donors (Lipinski definition) is 0. The molecule has 0 unspecified atom stereocenters. The lowest BCUT2D eigenvalue weighted by Crippen LogP contribution is -2.19. The van der Waals surface area contributed by atoms with Crippen LogP contribution in [0.25, 0.3) is 0 Å². The van der Waals surface area contributed by atoms with E-state index in [4.69, 9.17) is 0 Å². The molecule has 0 N–H and O–H groups in total. The summed E-state index contributed by atoms with van der Waals surface area (Å²) in [6.07, 6.45) is 5.55. The molecule has 2 heteroatoms. The second-order valence-corrected chi connectivity index (χ2v) is 3.96. The van der Waals surface area contributed by atoms with Gasteiger partial charge in [0.25, 0.3) is 0 Å². The van der Waals surface area contributed by atoms with Gasteiger partial charge in [-0.3, -0.25) is 0 Å². The van der Waals surface area contributed by atoms with E-state index in [2.05, 4.69) is 0 Å². The third-order valence-corrected chi connectivity index (χ3v) is 2.85. The van der Waals surface area contributed by atoms with E-state index in [9.17, 15) is 8.78 Å². The Morgan fingerprint density at radius 1 is 1.21 bits per heavy atom. The van der Waals surface area contributed by atoms with Crippen molar-refractivity contribution < 1.29 is 8.78 Å². The number of hydrogen-bond acceptors (Lipinski definition) is 0. The molecular weight excluding hydrogens is 182 g/mol. The fourth-order valence-corrected chi connectivity index (χ4v) is 2.06. The molecule has 1 aliphatic rings. The van der Waals surface area contributed by atoms with Gasteiger partial charge in [0.15, 0.2) is 0 Å². The van der Waals surface area contributed by atoms with Gasteiger partial charge in [0.2, 0.25) is 0 Å². The summed E-state index contributed by atoms with van der Waals surface area (Å²) in [5, 5.41) is 0. The summed E-state index contributed by atoms with van der Waals surface area (Å²) < 4.78 is 26.9. The minimum atomic E-state index is -0.463. The Balaban J connectivity index is 2.55. The first-order valence-electron chi connectivity index (χ1n) is 4.76. The van der Waals surface area contributed by atoms with Crippen LogP contribution in [0.5, 0.6) is 0 Å². The van der Waals surface area contributed by atoms with Crippen molar-refractivity contribution in [2.75, 3.05) is 0 Å². The highest BCUT2D eigenvalue weighted by atomic mass is 19.1. The van der Waals surface area contributed by atoms with Crippen LogP contribution in [0.1, 0.15) is 25.3 Å². The van der Waals surface area contributed by atoms with Gasteiger partial charge in [-0.2, -0.15) is 0 Å². The van der Waals surface area contributed by atoms with Crippen molar-refractivity contribution in [3.05, 3.63) is 47.5 Å². The van der Waals surface area contributed by atoms with E-state index in [-0.39, 0.29) is 5.56 Å². The standard InChI is InChI=1S/C12H12F2/c1-12(7-2-3-8-12)11-9(13)5-4-6-10(11)14/h2,4-7H,3,8H2,1H3/t12-/m0/s1. The largest absolute Gasteiger partial charge is 0.207 e. The zero-order valence-electron chi connectivity index (χ0n) is 8.06. The topological polar surface area (TPSA) is 0 Å². The molecule has 0 bridgehead atoms. The van der Waals surface area contributed by atoms with E-state index in [1.54, 1.807) is 0 Å². The highest BCUT2D eigenvalue weighted by Gasteiger charge is 2.31. The van der Waals surface area contributed by atoms with Gasteiger partial charge in [-0.1, -0.05) is 25.1 Å². The van der Waals surface area contributed by atoms with Crippen molar-refractivity contribution >= 4 is 0 Å². The first-order chi connectivity index (χ1) is 6.63. The summed E-state index contributed by atoms with van der Waals surface area (Å²) in [4.78, 5) is 0. The van der Waals surface area contributed by atoms with Gasteiger partial charge in [0, 0.05) is 11.0 Å². The van der Waals surface area contributed by atoms with E-state index in [1.807, 2.05) is 19.1 Å². The Morgan fingerprint density at radius 3 is 2.36 bits per heavy atom. The molecule has 1 aliphatic carbocycles. The van der Waals surface area contributed by atoms with E-state index in [0.29, 0.717) is 0 Å². The molecule has 1 aromatic rings. The van der Waals surface area contributed by atoms with Crippen molar-refractivity contribution in [3.8, 4) is 0 Å². The maximum Gasteiger partial charge on any atom is 0.130 e. The second kappa shape index (κ2) is 3.19. The molecule has 0 spiro atoms. The SMILES string of the molecule is C[C@]1(c2c(F)cccc2F)C=CCC1. The molecule has 0 heterocycles. The van der Waals surface area contributed by atoms with Gasteiger partial charge in [-0.05, 0) is 25.0 Å². The third-order valence-electron chi connectivity index (χ3n) is 2.85. The summed E-state index contributed by atoms with van der Waals surface area (Å²) in [6, 6.07) is 4.03. The highest BCUT2D eigenvalue weighted by molar-refractivity contribution is 5.34. The predicted octanol–water partition coefficient (Wildman–Crippen LogP) is 3.57. The molecule has 0 saturated heterocycles. The molecule has 0 saturated carbocycles. The fourth-order valence-electron chi connectivity index (χ4n) is 2.06. The summed E-state index contributed by atoms with van der Waals surface area (Å²) in [5.74, 6) is -0.891. The maximum absolute atomic E-state index is 13.5. The van der Waals surface area contributed by atoms with Crippen LogP contribution in [0, 0.1) is 11.6 Å². The van der Waals surface area contributed by atoms with Crippen molar-refractivity contribution in [2.24, 2.45) is 0 Å². The monoisotopic (exact) mass is 194 g/mol. The lowest BCUT2D eigenvalue weighted by molar-refractivity contribution is 0.476. The van der Waals surface area contributed by atoms with E-state index in [0.717, 1.165) is 12.8 Å². The summed E-state index contributed by atoms with van der Waals surface area (Å²) in [7, 11) is 0. The molecule has 0 fully saturated rings. The molecule has 1 atom stereocenters. The molecule has 0 aliphatic heterocycles. The van der Waals surface area contributed by atoms with E-state index >= 15 is 0 Å². The fraction of sp³-hybridized carbons (Fsp3) is 0.333. The molecule has 0 aromatic heterocycles. The summed E-state index contributed by atoms with van der Waals surface area (Å²) in [6.45, 7) is 1.87. The van der Waals surface area contributed by atoms with Crippen LogP contribution < -0.4 is 0 Å². The van der Waals surface area contributed by atoms with Crippen LogP contribution in [0.2, 0.25) is 0 Å². The summed E-state index contributed by atoms with van der Waals surface area (Å²) in [5.41, 5.74) is -0.260. The van der Waals surface area contributed by atoms with Gasteiger partial charge in [0.1, 0.15) is 11.6 Å². The van der Waals surface area contributed by atoms with Gasteiger partial charge in [-0.25, -0.2) is 8.78 Å². The Labute approximate surface area is 82.3 Å². The highest BCUT2D eigenvalue weighted by Crippen LogP contribution is 2.37. The lowest BCUT2D eigenvalue weighted by Gasteiger charge is -2.23. The Kier molecular flexibility index (Phi) is 2.14. The van der Waals surface area contributed by atoms with Crippen molar-refractivity contribution in [1.82, 2.24) is 0 Å². The zero-order valence-corrected chi connectivity index (χ0v) is 8.06. The normalized spacial score (nSPS) is 25.6. The quantitative estimate of drug-likeness (QED) is 0.599. The minimum Gasteiger partial charge on any atom is -0.207 e. The molecule has 2 rings (SSSR count).